The molecule has 0 aliphatic heterocycles. The van der Waals surface area contributed by atoms with Crippen molar-refractivity contribution in [2.75, 3.05) is 33.4 Å². The maximum atomic E-state index is 6.31. The van der Waals surface area contributed by atoms with E-state index >= 15 is 0 Å². The maximum absolute atomic E-state index is 6.31. The van der Waals surface area contributed by atoms with Gasteiger partial charge in [0.25, 0.3) is 0 Å². The van der Waals surface area contributed by atoms with Gasteiger partial charge in [0, 0.05) is 26.2 Å². The van der Waals surface area contributed by atoms with Crippen molar-refractivity contribution >= 4 is 0 Å². The third-order valence-electron chi connectivity index (χ3n) is 3.40. The second-order valence-electron chi connectivity index (χ2n) is 4.80. The lowest BCUT2D eigenvalue weighted by molar-refractivity contribution is 0.138. The second-order valence-corrected chi connectivity index (χ2v) is 4.80. The highest BCUT2D eigenvalue weighted by Crippen LogP contribution is 2.19. The third kappa shape index (κ3) is 4.77. The highest BCUT2D eigenvalue weighted by Gasteiger charge is 2.17. The Morgan fingerprint density at radius 2 is 1.94 bits per heavy atom. The van der Waals surface area contributed by atoms with Gasteiger partial charge in [0.05, 0.1) is 6.61 Å². The first-order chi connectivity index (χ1) is 8.69. The van der Waals surface area contributed by atoms with Gasteiger partial charge in [-0.05, 0) is 18.0 Å². The molecule has 0 amide bonds. The van der Waals surface area contributed by atoms with E-state index in [1.54, 1.807) is 7.11 Å². The molecule has 0 fully saturated rings. The number of likely N-dealkylation sites (N-methyl/N-ethyl adjacent to an activating group) is 1. The first-order valence-corrected chi connectivity index (χ1v) is 6.70. The number of nitrogens with two attached hydrogens (primary N) is 1. The Balaban J connectivity index is 2.50. The minimum absolute atomic E-state index is 0.0998. The van der Waals surface area contributed by atoms with Gasteiger partial charge in [0.2, 0.25) is 0 Å². The zero-order valence-electron chi connectivity index (χ0n) is 11.8. The fraction of sp³-hybridized carbons (Fsp3) is 0.600. The van der Waals surface area contributed by atoms with Crippen LogP contribution in [0.3, 0.4) is 0 Å². The Bertz CT molecular complexity index is 316. The highest BCUT2D eigenvalue weighted by molar-refractivity contribution is 5.19. The van der Waals surface area contributed by atoms with Crippen molar-refractivity contribution < 1.29 is 4.74 Å². The molecular weight excluding hydrogens is 224 g/mol. The van der Waals surface area contributed by atoms with Crippen LogP contribution in [0.5, 0.6) is 0 Å². The first-order valence-electron chi connectivity index (χ1n) is 6.70. The molecule has 0 saturated carbocycles. The number of hydrogen-bond acceptors (Lipinski definition) is 3. The molecule has 0 aliphatic carbocycles. The van der Waals surface area contributed by atoms with Gasteiger partial charge < -0.3 is 15.4 Å². The topological polar surface area (TPSA) is 38.5 Å². The van der Waals surface area contributed by atoms with Gasteiger partial charge in [-0.1, -0.05) is 44.2 Å². The van der Waals surface area contributed by atoms with Gasteiger partial charge in [-0.25, -0.2) is 0 Å². The first kappa shape index (κ1) is 15.2. The Labute approximate surface area is 111 Å². The van der Waals surface area contributed by atoms with Crippen molar-refractivity contribution in [2.45, 2.75) is 19.9 Å². The Morgan fingerprint density at radius 3 is 2.50 bits per heavy atom. The van der Waals surface area contributed by atoms with E-state index in [0.29, 0.717) is 5.92 Å². The summed E-state index contributed by atoms with van der Waals surface area (Å²) in [5, 5.41) is 0. The zero-order chi connectivity index (χ0) is 13.4. The molecule has 102 valence electrons. The fourth-order valence-electron chi connectivity index (χ4n) is 2.12. The SMILES string of the molecule is CCN(CCOC)CC(C)C(N)c1ccccc1. The lowest BCUT2D eigenvalue weighted by Gasteiger charge is -2.27. The number of nitrogens with zero attached hydrogens (tertiary/aromatic N) is 1. The van der Waals surface area contributed by atoms with Crippen molar-refractivity contribution in [3.05, 3.63) is 35.9 Å². The molecule has 0 radical (unpaired) electrons. The molecule has 1 aromatic rings. The molecule has 1 aromatic carbocycles. The van der Waals surface area contributed by atoms with Gasteiger partial charge in [0.15, 0.2) is 0 Å². The summed E-state index contributed by atoms with van der Waals surface area (Å²) < 4.78 is 5.13. The zero-order valence-corrected chi connectivity index (χ0v) is 11.8. The number of hydrogen-bond donors (Lipinski definition) is 1. The average molecular weight is 250 g/mol. The van der Waals surface area contributed by atoms with E-state index in [9.17, 15) is 0 Å². The normalized spacial score (nSPS) is 14.7. The van der Waals surface area contributed by atoms with Crippen LogP contribution in [-0.2, 0) is 4.74 Å². The minimum atomic E-state index is 0.0998. The Hall–Kier alpha value is -0.900. The molecule has 2 atom stereocenters. The molecule has 0 heterocycles. The van der Waals surface area contributed by atoms with Crippen LogP contribution in [0.4, 0.5) is 0 Å². The van der Waals surface area contributed by atoms with Gasteiger partial charge in [-0.3, -0.25) is 0 Å². The van der Waals surface area contributed by atoms with Crippen molar-refractivity contribution in [3.63, 3.8) is 0 Å². The fourth-order valence-corrected chi connectivity index (χ4v) is 2.12. The van der Waals surface area contributed by atoms with E-state index in [4.69, 9.17) is 10.5 Å². The van der Waals surface area contributed by atoms with Crippen LogP contribution in [0.1, 0.15) is 25.5 Å². The van der Waals surface area contributed by atoms with Gasteiger partial charge in [-0.2, -0.15) is 0 Å². The molecule has 2 unspecified atom stereocenters. The van der Waals surface area contributed by atoms with Crippen LogP contribution in [0.2, 0.25) is 0 Å². The van der Waals surface area contributed by atoms with E-state index in [1.807, 2.05) is 18.2 Å². The van der Waals surface area contributed by atoms with E-state index < -0.39 is 0 Å². The quantitative estimate of drug-likeness (QED) is 0.769. The summed E-state index contributed by atoms with van der Waals surface area (Å²) in [6.07, 6.45) is 0. The number of rotatable bonds is 8. The van der Waals surface area contributed by atoms with Crippen LogP contribution in [0.25, 0.3) is 0 Å². The van der Waals surface area contributed by atoms with Crippen LogP contribution in [0.15, 0.2) is 30.3 Å². The smallest absolute Gasteiger partial charge is 0.0589 e. The predicted molar refractivity (Wildman–Crippen MR) is 76.5 cm³/mol. The van der Waals surface area contributed by atoms with Gasteiger partial charge >= 0.3 is 0 Å². The molecule has 0 saturated heterocycles. The highest BCUT2D eigenvalue weighted by atomic mass is 16.5. The molecule has 3 nitrogen and oxygen atoms in total. The lowest BCUT2D eigenvalue weighted by atomic mass is 9.95. The summed E-state index contributed by atoms with van der Waals surface area (Å²) in [5.74, 6) is 0.434. The molecule has 0 aromatic heterocycles. The monoisotopic (exact) mass is 250 g/mol. The minimum Gasteiger partial charge on any atom is -0.383 e. The van der Waals surface area contributed by atoms with E-state index in [1.165, 1.54) is 5.56 Å². The summed E-state index contributed by atoms with van der Waals surface area (Å²) in [6.45, 7) is 8.19. The number of benzene rings is 1. The summed E-state index contributed by atoms with van der Waals surface area (Å²) >= 11 is 0. The molecule has 0 bridgehead atoms. The molecule has 3 heteroatoms. The molecular formula is C15H26N2O. The summed E-state index contributed by atoms with van der Waals surface area (Å²) in [5.41, 5.74) is 7.53. The summed E-state index contributed by atoms with van der Waals surface area (Å²) in [4.78, 5) is 2.39. The van der Waals surface area contributed by atoms with Crippen LogP contribution < -0.4 is 5.73 Å². The van der Waals surface area contributed by atoms with Crippen molar-refractivity contribution in [1.29, 1.82) is 0 Å². The standard InChI is InChI=1S/C15H26N2O/c1-4-17(10-11-18-3)12-13(2)15(16)14-8-6-5-7-9-14/h5-9,13,15H,4,10-12,16H2,1-3H3. The molecule has 0 aliphatic rings. The summed E-state index contributed by atoms with van der Waals surface area (Å²) in [7, 11) is 1.74. The molecule has 2 N–H and O–H groups in total. The lowest BCUT2D eigenvalue weighted by Crippen LogP contribution is -2.35. The molecule has 18 heavy (non-hydrogen) atoms. The van der Waals surface area contributed by atoms with Crippen molar-refractivity contribution in [3.8, 4) is 0 Å². The van der Waals surface area contributed by atoms with E-state index in [2.05, 4.69) is 30.9 Å². The Morgan fingerprint density at radius 1 is 1.28 bits per heavy atom. The van der Waals surface area contributed by atoms with E-state index in [-0.39, 0.29) is 6.04 Å². The van der Waals surface area contributed by atoms with Crippen molar-refractivity contribution in [2.24, 2.45) is 11.7 Å². The molecule has 1 rings (SSSR count). The van der Waals surface area contributed by atoms with Gasteiger partial charge in [0.1, 0.15) is 0 Å². The number of methoxy groups -OCH3 is 1. The maximum Gasteiger partial charge on any atom is 0.0589 e. The molecule has 0 spiro atoms. The average Bonchev–Trinajstić information content (AvgIpc) is 2.43. The second kappa shape index (κ2) is 8.25. The predicted octanol–water partition coefficient (Wildman–Crippen LogP) is 2.29. The Kier molecular flexibility index (Phi) is 6.94. The van der Waals surface area contributed by atoms with Gasteiger partial charge in [-0.15, -0.1) is 0 Å². The number of ether oxygens (including phenoxy) is 1. The summed E-state index contributed by atoms with van der Waals surface area (Å²) in [6, 6.07) is 10.4. The van der Waals surface area contributed by atoms with Crippen molar-refractivity contribution in [1.82, 2.24) is 4.90 Å². The van der Waals surface area contributed by atoms with E-state index in [0.717, 1.165) is 26.2 Å². The van der Waals surface area contributed by atoms with Crippen LogP contribution in [0, 0.1) is 5.92 Å². The van der Waals surface area contributed by atoms with Crippen LogP contribution in [-0.4, -0.2) is 38.3 Å². The third-order valence-corrected chi connectivity index (χ3v) is 3.40. The largest absolute Gasteiger partial charge is 0.383 e. The van der Waals surface area contributed by atoms with Crippen LogP contribution >= 0.6 is 0 Å².